The number of halogens is 1. The molecule has 0 saturated heterocycles. The minimum atomic E-state index is -0.575. The third-order valence-electron chi connectivity index (χ3n) is 1.74. The molecule has 0 aromatic heterocycles. The van der Waals surface area contributed by atoms with Gasteiger partial charge in [-0.2, -0.15) is 0 Å². The molecular formula is C10H12FN3O2S. The number of urea groups is 1. The molecule has 0 unspecified atom stereocenters. The zero-order valence-corrected chi connectivity index (χ0v) is 9.94. The van der Waals surface area contributed by atoms with E-state index >= 15 is 0 Å². The Balaban J connectivity index is 2.50. The molecule has 0 saturated carbocycles. The van der Waals surface area contributed by atoms with Crippen LogP contribution >= 0.6 is 11.8 Å². The van der Waals surface area contributed by atoms with Crippen molar-refractivity contribution in [1.29, 1.82) is 0 Å². The summed E-state index contributed by atoms with van der Waals surface area (Å²) < 4.78 is 13.0. The molecule has 1 rings (SSSR count). The molecule has 5 nitrogen and oxygen atoms in total. The van der Waals surface area contributed by atoms with E-state index in [1.165, 1.54) is 19.2 Å². The van der Waals surface area contributed by atoms with Gasteiger partial charge in [-0.05, 0) is 18.2 Å². The molecule has 0 spiro atoms. The van der Waals surface area contributed by atoms with Gasteiger partial charge in [-0.25, -0.2) is 9.18 Å². The van der Waals surface area contributed by atoms with E-state index < -0.39 is 17.8 Å². The van der Waals surface area contributed by atoms with Gasteiger partial charge in [0.1, 0.15) is 5.82 Å². The SMILES string of the molecule is CNC(=O)NC(=O)CSc1cc(N)cc(F)c1. The number of rotatable bonds is 3. The van der Waals surface area contributed by atoms with E-state index in [1.54, 1.807) is 6.07 Å². The summed E-state index contributed by atoms with van der Waals surface area (Å²) in [5, 5.41) is 4.35. The topological polar surface area (TPSA) is 84.2 Å². The monoisotopic (exact) mass is 257 g/mol. The molecule has 7 heteroatoms. The molecule has 17 heavy (non-hydrogen) atoms. The van der Waals surface area contributed by atoms with Gasteiger partial charge in [0.2, 0.25) is 5.91 Å². The Morgan fingerprint density at radius 3 is 2.71 bits per heavy atom. The van der Waals surface area contributed by atoms with Gasteiger partial charge in [0.05, 0.1) is 5.75 Å². The van der Waals surface area contributed by atoms with E-state index in [0.717, 1.165) is 11.8 Å². The van der Waals surface area contributed by atoms with Crippen molar-refractivity contribution >= 4 is 29.4 Å². The Hall–Kier alpha value is -1.76. The summed E-state index contributed by atoms with van der Waals surface area (Å²) in [5.74, 6) is -0.910. The minimum absolute atomic E-state index is 0.0102. The van der Waals surface area contributed by atoms with Crippen LogP contribution in [0.3, 0.4) is 0 Å². The Labute approximate surface area is 102 Å². The van der Waals surface area contributed by atoms with E-state index in [9.17, 15) is 14.0 Å². The number of hydrogen-bond acceptors (Lipinski definition) is 4. The lowest BCUT2D eigenvalue weighted by Gasteiger charge is -2.04. The number of nitrogens with one attached hydrogen (secondary N) is 2. The number of nitrogen functional groups attached to an aromatic ring is 1. The second-order valence-corrected chi connectivity index (χ2v) is 4.18. The molecule has 0 heterocycles. The van der Waals surface area contributed by atoms with Gasteiger partial charge >= 0.3 is 6.03 Å². The minimum Gasteiger partial charge on any atom is -0.399 e. The maximum Gasteiger partial charge on any atom is 0.321 e. The number of imide groups is 1. The van der Waals surface area contributed by atoms with Gasteiger partial charge < -0.3 is 11.1 Å². The van der Waals surface area contributed by atoms with Crippen LogP contribution in [0.5, 0.6) is 0 Å². The molecule has 0 fully saturated rings. The highest BCUT2D eigenvalue weighted by Crippen LogP contribution is 2.21. The number of amides is 3. The quantitative estimate of drug-likeness (QED) is 0.556. The fourth-order valence-electron chi connectivity index (χ4n) is 1.04. The standard InChI is InChI=1S/C10H12FN3O2S/c1-13-10(16)14-9(15)5-17-8-3-6(11)2-7(12)4-8/h2-4H,5,12H2,1H3,(H2,13,14,15,16). The average molecular weight is 257 g/mol. The number of carbonyl (C=O) groups is 2. The Bertz CT molecular complexity index is 419. The predicted molar refractivity (Wildman–Crippen MR) is 64.1 cm³/mol. The molecule has 1 aromatic rings. The summed E-state index contributed by atoms with van der Waals surface area (Å²) in [6.45, 7) is 0. The summed E-state index contributed by atoms with van der Waals surface area (Å²) in [6, 6.07) is 3.44. The van der Waals surface area contributed by atoms with E-state index in [2.05, 4.69) is 10.6 Å². The van der Waals surface area contributed by atoms with Crippen LogP contribution in [0.2, 0.25) is 0 Å². The first-order valence-corrected chi connectivity index (χ1v) is 5.70. The van der Waals surface area contributed by atoms with Crippen LogP contribution in [0, 0.1) is 5.82 Å². The van der Waals surface area contributed by atoms with Crippen LogP contribution < -0.4 is 16.4 Å². The molecule has 0 aliphatic rings. The van der Waals surface area contributed by atoms with Crippen molar-refractivity contribution in [2.24, 2.45) is 0 Å². The second-order valence-electron chi connectivity index (χ2n) is 3.14. The van der Waals surface area contributed by atoms with Crippen LogP contribution in [0.1, 0.15) is 0 Å². The van der Waals surface area contributed by atoms with Crippen LogP contribution in [-0.4, -0.2) is 24.7 Å². The average Bonchev–Trinajstić information content (AvgIpc) is 2.25. The van der Waals surface area contributed by atoms with Gasteiger partial charge in [-0.3, -0.25) is 10.1 Å². The van der Waals surface area contributed by atoms with Crippen molar-refractivity contribution in [3.63, 3.8) is 0 Å². The van der Waals surface area contributed by atoms with Crippen LogP contribution in [0.15, 0.2) is 23.1 Å². The van der Waals surface area contributed by atoms with E-state index in [0.29, 0.717) is 10.6 Å². The summed E-state index contributed by atoms with van der Waals surface area (Å²) in [5.41, 5.74) is 5.74. The van der Waals surface area contributed by atoms with Crippen molar-refractivity contribution in [2.75, 3.05) is 18.5 Å². The highest BCUT2D eigenvalue weighted by Gasteiger charge is 2.07. The van der Waals surface area contributed by atoms with Gasteiger partial charge in [0, 0.05) is 17.6 Å². The molecule has 0 atom stereocenters. The van der Waals surface area contributed by atoms with Crippen molar-refractivity contribution < 1.29 is 14.0 Å². The maximum absolute atomic E-state index is 13.0. The second kappa shape index (κ2) is 6.09. The molecule has 0 aliphatic heterocycles. The van der Waals surface area contributed by atoms with Crippen molar-refractivity contribution in [3.8, 4) is 0 Å². The lowest BCUT2D eigenvalue weighted by atomic mass is 10.3. The zero-order chi connectivity index (χ0) is 12.8. The molecule has 0 radical (unpaired) electrons. The summed E-state index contributed by atoms with van der Waals surface area (Å²) in [4.78, 5) is 22.6. The summed E-state index contributed by atoms with van der Waals surface area (Å²) in [6.07, 6.45) is 0. The van der Waals surface area contributed by atoms with Gasteiger partial charge in [-0.15, -0.1) is 11.8 Å². The molecule has 0 aliphatic carbocycles. The fraction of sp³-hybridized carbons (Fsp3) is 0.200. The number of benzene rings is 1. The highest BCUT2D eigenvalue weighted by atomic mass is 32.2. The number of nitrogens with two attached hydrogens (primary N) is 1. The van der Waals surface area contributed by atoms with Gasteiger partial charge in [0.25, 0.3) is 0 Å². The molecule has 1 aromatic carbocycles. The first-order chi connectivity index (χ1) is 8.01. The first kappa shape index (κ1) is 13.3. The fourth-order valence-corrected chi connectivity index (χ4v) is 1.83. The van der Waals surface area contributed by atoms with E-state index in [-0.39, 0.29) is 5.75 Å². The van der Waals surface area contributed by atoms with Crippen LogP contribution in [0.25, 0.3) is 0 Å². The van der Waals surface area contributed by atoms with Crippen LogP contribution in [-0.2, 0) is 4.79 Å². The van der Waals surface area contributed by atoms with E-state index in [1.807, 2.05) is 0 Å². The number of anilines is 1. The normalized spacial score (nSPS) is 9.76. The van der Waals surface area contributed by atoms with Crippen molar-refractivity contribution in [1.82, 2.24) is 10.6 Å². The predicted octanol–water partition coefficient (Wildman–Crippen LogP) is 0.956. The lowest BCUT2D eigenvalue weighted by Crippen LogP contribution is -2.38. The lowest BCUT2D eigenvalue weighted by molar-refractivity contribution is -0.117. The summed E-state index contributed by atoms with van der Waals surface area (Å²) >= 11 is 1.10. The number of carbonyl (C=O) groups excluding carboxylic acids is 2. The van der Waals surface area contributed by atoms with E-state index in [4.69, 9.17) is 5.73 Å². The highest BCUT2D eigenvalue weighted by molar-refractivity contribution is 8.00. The molecular weight excluding hydrogens is 245 g/mol. The molecule has 92 valence electrons. The van der Waals surface area contributed by atoms with Crippen LogP contribution in [0.4, 0.5) is 14.9 Å². The zero-order valence-electron chi connectivity index (χ0n) is 9.12. The van der Waals surface area contributed by atoms with Crippen molar-refractivity contribution in [3.05, 3.63) is 24.0 Å². The third-order valence-corrected chi connectivity index (χ3v) is 2.72. The smallest absolute Gasteiger partial charge is 0.321 e. The Kier molecular flexibility index (Phi) is 4.77. The maximum atomic E-state index is 13.0. The largest absolute Gasteiger partial charge is 0.399 e. The first-order valence-electron chi connectivity index (χ1n) is 4.71. The molecule has 0 bridgehead atoms. The Morgan fingerprint density at radius 2 is 2.12 bits per heavy atom. The number of thioether (sulfide) groups is 1. The van der Waals surface area contributed by atoms with Gasteiger partial charge in [-0.1, -0.05) is 0 Å². The van der Waals surface area contributed by atoms with Crippen molar-refractivity contribution in [2.45, 2.75) is 4.90 Å². The number of hydrogen-bond donors (Lipinski definition) is 3. The van der Waals surface area contributed by atoms with Gasteiger partial charge in [0.15, 0.2) is 0 Å². The molecule has 3 amide bonds. The Morgan fingerprint density at radius 1 is 1.41 bits per heavy atom. The summed E-state index contributed by atoms with van der Waals surface area (Å²) in [7, 11) is 1.41. The third kappa shape index (κ3) is 4.73. The molecule has 4 N–H and O–H groups in total.